The van der Waals surface area contributed by atoms with Gasteiger partial charge in [-0.15, -0.1) is 9.24 Å². The molecular formula is C7H8NOP. The van der Waals surface area contributed by atoms with Crippen LogP contribution in [-0.2, 0) is 0 Å². The molecular weight excluding hydrogens is 145 g/mol. The average Bonchev–Trinajstić information content (AvgIpc) is 2.05. The topological polar surface area (TPSA) is 30.0 Å². The summed E-state index contributed by atoms with van der Waals surface area (Å²) in [7, 11) is 2.40. The molecule has 0 N–H and O–H groups in total. The van der Waals surface area contributed by atoms with E-state index in [4.69, 9.17) is 0 Å². The molecule has 0 fully saturated rings. The second kappa shape index (κ2) is 3.43. The number of carbonyl (C=O) groups is 1. The van der Waals surface area contributed by atoms with Crippen LogP contribution in [0.1, 0.15) is 10.4 Å². The number of hydrogen-bond donors (Lipinski definition) is 0. The molecule has 0 aliphatic heterocycles. The third-order valence-corrected chi connectivity index (χ3v) is 1.56. The quantitative estimate of drug-likeness (QED) is 0.471. The highest BCUT2D eigenvalue weighted by molar-refractivity contribution is 7.18. The summed E-state index contributed by atoms with van der Waals surface area (Å²) in [6, 6.07) is 3.43. The van der Waals surface area contributed by atoms with E-state index in [1.807, 2.05) is 0 Å². The van der Waals surface area contributed by atoms with Crippen LogP contribution in [0.5, 0.6) is 0 Å². The van der Waals surface area contributed by atoms with E-state index in [2.05, 4.69) is 14.2 Å². The predicted octanol–water partition coefficient (Wildman–Crippen LogP) is 1.14. The maximum atomic E-state index is 11.0. The molecule has 0 saturated heterocycles. The van der Waals surface area contributed by atoms with E-state index in [1.165, 1.54) is 0 Å². The van der Waals surface area contributed by atoms with E-state index in [9.17, 15) is 4.79 Å². The number of Topliss-reactive ketones (excluding diaryl/α,β-unsaturated/α-hetero) is 1. The van der Waals surface area contributed by atoms with Crippen molar-refractivity contribution in [2.75, 3.05) is 6.16 Å². The Balaban J connectivity index is 2.85. The Hall–Kier alpha value is -0.750. The molecule has 1 rings (SSSR count). The second-order valence-corrected chi connectivity index (χ2v) is 2.27. The molecule has 52 valence electrons. The van der Waals surface area contributed by atoms with E-state index in [1.54, 1.807) is 24.5 Å². The lowest BCUT2D eigenvalue weighted by atomic mass is 10.2. The third-order valence-electron chi connectivity index (χ3n) is 1.19. The van der Waals surface area contributed by atoms with E-state index >= 15 is 0 Å². The van der Waals surface area contributed by atoms with Gasteiger partial charge in [-0.25, -0.2) is 0 Å². The monoisotopic (exact) mass is 153 g/mol. The Morgan fingerprint density at radius 2 is 2.10 bits per heavy atom. The van der Waals surface area contributed by atoms with Crippen LogP contribution < -0.4 is 0 Å². The fraction of sp³-hybridized carbons (Fsp3) is 0.143. The largest absolute Gasteiger partial charge is 0.294 e. The third kappa shape index (κ3) is 1.61. The van der Waals surface area contributed by atoms with Crippen molar-refractivity contribution >= 4 is 15.0 Å². The van der Waals surface area contributed by atoms with E-state index < -0.39 is 0 Å². The lowest BCUT2D eigenvalue weighted by molar-refractivity contribution is 0.102. The highest BCUT2D eigenvalue weighted by Gasteiger charge is 1.99. The molecule has 1 aromatic heterocycles. The summed E-state index contributed by atoms with van der Waals surface area (Å²) in [5.41, 5.74) is 0.727. The molecule has 0 aliphatic carbocycles. The highest BCUT2D eigenvalue weighted by atomic mass is 31.0. The van der Waals surface area contributed by atoms with Gasteiger partial charge in [-0.2, -0.15) is 0 Å². The number of hydrogen-bond acceptors (Lipinski definition) is 2. The van der Waals surface area contributed by atoms with Gasteiger partial charge in [0.05, 0.1) is 0 Å². The van der Waals surface area contributed by atoms with Crippen LogP contribution in [0.15, 0.2) is 24.5 Å². The highest BCUT2D eigenvalue weighted by Crippen LogP contribution is 1.99. The Bertz CT molecular complexity index is 222. The minimum absolute atomic E-state index is 0.132. The van der Waals surface area contributed by atoms with E-state index in [0.717, 1.165) is 5.56 Å². The maximum Gasteiger partial charge on any atom is 0.166 e. The first-order valence-corrected chi connectivity index (χ1v) is 3.79. The van der Waals surface area contributed by atoms with Crippen LogP contribution >= 0.6 is 9.24 Å². The fourth-order valence-electron chi connectivity index (χ4n) is 0.656. The minimum Gasteiger partial charge on any atom is -0.294 e. The summed E-state index contributed by atoms with van der Waals surface area (Å²) in [6.07, 6.45) is 3.71. The van der Waals surface area contributed by atoms with Crippen LogP contribution in [0.4, 0.5) is 0 Å². The number of pyridine rings is 1. The fourth-order valence-corrected chi connectivity index (χ4v) is 0.891. The smallest absolute Gasteiger partial charge is 0.166 e. The lowest BCUT2D eigenvalue weighted by Crippen LogP contribution is -1.98. The normalized spacial score (nSPS) is 9.30. The molecule has 3 heteroatoms. The van der Waals surface area contributed by atoms with Gasteiger partial charge in [0.25, 0.3) is 0 Å². The van der Waals surface area contributed by atoms with Gasteiger partial charge in [-0.05, 0) is 12.1 Å². The molecule has 0 bridgehead atoms. The summed E-state index contributed by atoms with van der Waals surface area (Å²) in [5.74, 6) is 0.132. The lowest BCUT2D eigenvalue weighted by Gasteiger charge is -1.93. The van der Waals surface area contributed by atoms with Crippen LogP contribution in [0.3, 0.4) is 0 Å². The van der Waals surface area contributed by atoms with Crippen molar-refractivity contribution in [3.05, 3.63) is 30.1 Å². The SMILES string of the molecule is O=C(CP)c1ccncc1. The number of carbonyl (C=O) groups excluding carboxylic acids is 1. The van der Waals surface area contributed by atoms with E-state index in [-0.39, 0.29) is 5.78 Å². The van der Waals surface area contributed by atoms with Crippen molar-refractivity contribution in [2.24, 2.45) is 0 Å². The molecule has 0 aromatic carbocycles. The van der Waals surface area contributed by atoms with Crippen LogP contribution in [0, 0.1) is 0 Å². The molecule has 1 atom stereocenters. The summed E-state index contributed by atoms with van der Waals surface area (Å²) < 4.78 is 0. The first-order chi connectivity index (χ1) is 4.84. The molecule has 1 aromatic rings. The second-order valence-electron chi connectivity index (χ2n) is 1.86. The number of rotatable bonds is 2. The van der Waals surface area contributed by atoms with Crippen molar-refractivity contribution in [1.29, 1.82) is 0 Å². The Labute approximate surface area is 61.9 Å². The van der Waals surface area contributed by atoms with Crippen LogP contribution in [0.2, 0.25) is 0 Å². The van der Waals surface area contributed by atoms with E-state index in [0.29, 0.717) is 6.16 Å². The Morgan fingerprint density at radius 3 is 2.60 bits per heavy atom. The summed E-state index contributed by atoms with van der Waals surface area (Å²) in [4.78, 5) is 14.8. The zero-order chi connectivity index (χ0) is 7.40. The molecule has 0 amide bonds. The van der Waals surface area contributed by atoms with Crippen molar-refractivity contribution < 1.29 is 4.79 Å². The van der Waals surface area contributed by atoms with Gasteiger partial charge in [-0.1, -0.05) is 0 Å². The number of aromatic nitrogens is 1. The zero-order valence-corrected chi connectivity index (χ0v) is 6.60. The van der Waals surface area contributed by atoms with Gasteiger partial charge in [-0.3, -0.25) is 9.78 Å². The van der Waals surface area contributed by atoms with Gasteiger partial charge in [0.1, 0.15) is 0 Å². The Kier molecular flexibility index (Phi) is 2.52. The van der Waals surface area contributed by atoms with Gasteiger partial charge >= 0.3 is 0 Å². The van der Waals surface area contributed by atoms with Crippen LogP contribution in [-0.4, -0.2) is 16.9 Å². The molecule has 0 radical (unpaired) electrons. The first-order valence-electron chi connectivity index (χ1n) is 2.98. The molecule has 2 nitrogen and oxygen atoms in total. The standard InChI is InChI=1S/C7H8NOP/c9-7(5-10)6-1-3-8-4-2-6/h1-4H,5,10H2. The zero-order valence-electron chi connectivity index (χ0n) is 5.45. The predicted molar refractivity (Wildman–Crippen MR) is 43.1 cm³/mol. The van der Waals surface area contributed by atoms with Crippen molar-refractivity contribution in [1.82, 2.24) is 4.98 Å². The van der Waals surface area contributed by atoms with Crippen molar-refractivity contribution in [3.63, 3.8) is 0 Å². The van der Waals surface area contributed by atoms with Gasteiger partial charge in [0.15, 0.2) is 5.78 Å². The summed E-state index contributed by atoms with van der Waals surface area (Å²) in [6.45, 7) is 0. The number of nitrogens with zero attached hydrogens (tertiary/aromatic N) is 1. The molecule has 0 spiro atoms. The van der Waals surface area contributed by atoms with Gasteiger partial charge < -0.3 is 0 Å². The van der Waals surface area contributed by atoms with Crippen molar-refractivity contribution in [2.45, 2.75) is 0 Å². The Morgan fingerprint density at radius 1 is 1.50 bits per heavy atom. The molecule has 1 unspecified atom stereocenters. The summed E-state index contributed by atoms with van der Waals surface area (Å²) in [5, 5.41) is 0. The van der Waals surface area contributed by atoms with Gasteiger partial charge in [0, 0.05) is 24.1 Å². The first kappa shape index (κ1) is 7.36. The number of ketones is 1. The average molecular weight is 153 g/mol. The molecule has 0 saturated carbocycles. The maximum absolute atomic E-state index is 11.0. The summed E-state index contributed by atoms with van der Waals surface area (Å²) >= 11 is 0. The van der Waals surface area contributed by atoms with Crippen molar-refractivity contribution in [3.8, 4) is 0 Å². The molecule has 10 heavy (non-hydrogen) atoms. The minimum atomic E-state index is 0.132. The van der Waals surface area contributed by atoms with Gasteiger partial charge in [0.2, 0.25) is 0 Å². The molecule has 1 heterocycles. The molecule has 0 aliphatic rings. The van der Waals surface area contributed by atoms with Crippen LogP contribution in [0.25, 0.3) is 0 Å².